The number of benzene rings is 9. The molecule has 3 heterocycles. The predicted molar refractivity (Wildman–Crippen MR) is 275 cm³/mol. The van der Waals surface area contributed by atoms with Gasteiger partial charge in [0.05, 0.1) is 16.8 Å². The van der Waals surface area contributed by atoms with Gasteiger partial charge in [-0.2, -0.15) is 0 Å². The van der Waals surface area contributed by atoms with Crippen LogP contribution in [0, 0.1) is 0 Å². The lowest BCUT2D eigenvalue weighted by Crippen LogP contribution is -2.28. The van der Waals surface area contributed by atoms with Gasteiger partial charge in [-0.3, -0.25) is 0 Å². The number of aromatic nitrogens is 4. The molecule has 1 aliphatic carbocycles. The normalized spacial score (nSPS) is 12.5. The van der Waals surface area contributed by atoms with Gasteiger partial charge in [-0.1, -0.05) is 212 Å². The SMILES string of the molecule is c1ccc(-c2ccc(-c3nc(-c4ccccc4)cc(-c4cc5c(cc4-c4nc(-c6ccccc6)c6oc7ccccc7c6n4)C(c4ccccc4)(c4ccccc4)c4ccccc4-5)n3)cc2)cc1. The Bertz CT molecular complexity index is 3780. The predicted octanol–water partition coefficient (Wildman–Crippen LogP) is 15.5. The Labute approximate surface area is 393 Å². The maximum atomic E-state index is 6.63. The van der Waals surface area contributed by atoms with E-state index in [4.69, 9.17) is 24.4 Å². The fourth-order valence-corrected chi connectivity index (χ4v) is 10.3. The first-order valence-electron chi connectivity index (χ1n) is 23.0. The molecule has 1 aliphatic rings. The monoisotopic (exact) mass is 868 g/mol. The van der Waals surface area contributed by atoms with Crippen LogP contribution in [0.2, 0.25) is 0 Å². The van der Waals surface area contributed by atoms with Crippen molar-refractivity contribution in [3.05, 3.63) is 265 Å². The minimum absolute atomic E-state index is 0.570. The lowest BCUT2D eigenvalue weighted by molar-refractivity contribution is 0.667. The van der Waals surface area contributed by atoms with E-state index < -0.39 is 5.41 Å². The summed E-state index contributed by atoms with van der Waals surface area (Å²) in [5.74, 6) is 1.19. The molecule has 0 fully saturated rings. The number of hydrogen-bond acceptors (Lipinski definition) is 5. The molecule has 68 heavy (non-hydrogen) atoms. The second kappa shape index (κ2) is 16.1. The molecule has 12 aromatic rings. The first kappa shape index (κ1) is 39.3. The molecule has 0 aliphatic heterocycles. The molecule has 0 bridgehead atoms. The summed E-state index contributed by atoms with van der Waals surface area (Å²) in [4.78, 5) is 21.9. The fourth-order valence-electron chi connectivity index (χ4n) is 10.3. The van der Waals surface area contributed by atoms with Crippen molar-refractivity contribution in [1.82, 2.24) is 19.9 Å². The summed E-state index contributed by atoms with van der Waals surface area (Å²) in [6.45, 7) is 0. The second-order valence-electron chi connectivity index (χ2n) is 17.3. The number of hydrogen-bond donors (Lipinski definition) is 0. The van der Waals surface area contributed by atoms with Gasteiger partial charge in [-0.25, -0.2) is 19.9 Å². The highest BCUT2D eigenvalue weighted by Gasteiger charge is 2.46. The summed E-state index contributed by atoms with van der Waals surface area (Å²) in [7, 11) is 0. The van der Waals surface area contributed by atoms with Crippen LogP contribution in [-0.4, -0.2) is 19.9 Å². The first-order chi connectivity index (χ1) is 33.7. The quantitative estimate of drug-likeness (QED) is 0.152. The molecule has 13 rings (SSSR count). The van der Waals surface area contributed by atoms with Gasteiger partial charge in [-0.15, -0.1) is 0 Å². The molecule has 5 heteroatoms. The third-order valence-corrected chi connectivity index (χ3v) is 13.4. The number of fused-ring (bicyclic) bond motifs is 6. The van der Waals surface area contributed by atoms with Crippen LogP contribution in [0.3, 0.4) is 0 Å². The molecule has 0 radical (unpaired) electrons. The van der Waals surface area contributed by atoms with Crippen LogP contribution >= 0.6 is 0 Å². The largest absolute Gasteiger partial charge is 0.452 e. The van der Waals surface area contributed by atoms with Gasteiger partial charge in [0.25, 0.3) is 0 Å². The lowest BCUT2D eigenvalue weighted by Gasteiger charge is -2.34. The Balaban J connectivity index is 1.14. The van der Waals surface area contributed by atoms with Crippen molar-refractivity contribution in [2.45, 2.75) is 5.41 Å². The van der Waals surface area contributed by atoms with E-state index in [2.05, 4.69) is 194 Å². The highest BCUT2D eigenvalue weighted by Crippen LogP contribution is 2.58. The van der Waals surface area contributed by atoms with Crippen molar-refractivity contribution in [1.29, 1.82) is 0 Å². The lowest BCUT2D eigenvalue weighted by atomic mass is 9.67. The maximum Gasteiger partial charge on any atom is 0.180 e. The van der Waals surface area contributed by atoms with Gasteiger partial charge in [0.2, 0.25) is 0 Å². The van der Waals surface area contributed by atoms with Crippen molar-refractivity contribution >= 4 is 22.1 Å². The summed E-state index contributed by atoms with van der Waals surface area (Å²) in [6.07, 6.45) is 0. The number of para-hydroxylation sites is 1. The van der Waals surface area contributed by atoms with Crippen LogP contribution < -0.4 is 0 Å². The third kappa shape index (κ3) is 6.39. The van der Waals surface area contributed by atoms with Crippen LogP contribution in [0.1, 0.15) is 22.3 Å². The molecule has 0 saturated carbocycles. The molecule has 0 atom stereocenters. The molecule has 3 aromatic heterocycles. The van der Waals surface area contributed by atoms with Crippen LogP contribution in [0.4, 0.5) is 0 Å². The molecule has 0 amide bonds. The van der Waals surface area contributed by atoms with E-state index in [1.807, 2.05) is 48.5 Å². The summed E-state index contributed by atoms with van der Waals surface area (Å²) in [5, 5.41) is 0.927. The van der Waals surface area contributed by atoms with Gasteiger partial charge >= 0.3 is 0 Å². The average molecular weight is 869 g/mol. The molecule has 0 saturated heterocycles. The van der Waals surface area contributed by atoms with Crippen LogP contribution in [0.5, 0.6) is 0 Å². The Morgan fingerprint density at radius 2 is 0.868 bits per heavy atom. The molecule has 318 valence electrons. The summed E-state index contributed by atoms with van der Waals surface area (Å²) < 4.78 is 6.63. The second-order valence-corrected chi connectivity index (χ2v) is 17.3. The fraction of sp³-hybridized carbons (Fsp3) is 0.0159. The van der Waals surface area contributed by atoms with Crippen LogP contribution in [0.25, 0.3) is 101 Å². The molecular formula is C63H40N4O. The van der Waals surface area contributed by atoms with Gasteiger partial charge in [0.15, 0.2) is 17.2 Å². The van der Waals surface area contributed by atoms with Crippen molar-refractivity contribution in [3.8, 4) is 78.8 Å². The molecule has 0 spiro atoms. The van der Waals surface area contributed by atoms with Crippen LogP contribution in [0.15, 0.2) is 247 Å². The van der Waals surface area contributed by atoms with E-state index in [0.29, 0.717) is 17.2 Å². The van der Waals surface area contributed by atoms with Crippen LogP contribution in [-0.2, 0) is 5.41 Å². The van der Waals surface area contributed by atoms with Crippen molar-refractivity contribution in [2.75, 3.05) is 0 Å². The van der Waals surface area contributed by atoms with Gasteiger partial charge in [0.1, 0.15) is 16.8 Å². The van der Waals surface area contributed by atoms with Crippen molar-refractivity contribution in [2.24, 2.45) is 0 Å². The van der Waals surface area contributed by atoms with E-state index in [1.165, 1.54) is 22.3 Å². The Kier molecular flexibility index (Phi) is 9.32. The van der Waals surface area contributed by atoms with E-state index in [0.717, 1.165) is 83.6 Å². The van der Waals surface area contributed by atoms with E-state index in [1.54, 1.807) is 0 Å². The number of rotatable bonds is 8. The Morgan fingerprint density at radius 1 is 0.324 bits per heavy atom. The third-order valence-electron chi connectivity index (χ3n) is 13.4. The van der Waals surface area contributed by atoms with E-state index in [9.17, 15) is 0 Å². The van der Waals surface area contributed by atoms with Gasteiger partial charge in [-0.05, 0) is 74.8 Å². The number of nitrogens with zero attached hydrogens (tertiary/aromatic N) is 4. The Morgan fingerprint density at radius 3 is 1.56 bits per heavy atom. The summed E-state index contributed by atoms with van der Waals surface area (Å²) in [5.41, 5.74) is 17.7. The minimum Gasteiger partial charge on any atom is -0.452 e. The van der Waals surface area contributed by atoms with Crippen molar-refractivity contribution < 1.29 is 4.42 Å². The zero-order chi connectivity index (χ0) is 45.0. The summed E-state index contributed by atoms with van der Waals surface area (Å²) in [6, 6.07) is 85.1. The first-order valence-corrected chi connectivity index (χ1v) is 23.0. The standard InChI is InChI=1S/C63H40N4O/c1-6-20-41(21-7-1)42-34-36-45(37-35-42)61-64-55(43-22-8-2-9-23-43)40-56(65-61)51-38-50-48-30-16-18-32-53(48)63(46-26-12-4-13-27-46,47-28-14-5-15-29-47)54(50)39-52(51)62-66-58(44-24-10-3-11-25-44)60-59(67-62)49-31-17-19-33-57(49)68-60/h1-40H. The number of furan rings is 1. The zero-order valence-electron chi connectivity index (χ0n) is 36.8. The molecular weight excluding hydrogens is 829 g/mol. The highest BCUT2D eigenvalue weighted by molar-refractivity contribution is 6.07. The van der Waals surface area contributed by atoms with E-state index >= 15 is 0 Å². The molecule has 0 unspecified atom stereocenters. The zero-order valence-corrected chi connectivity index (χ0v) is 36.8. The average Bonchev–Trinajstić information content (AvgIpc) is 3.95. The van der Waals surface area contributed by atoms with Gasteiger partial charge in [0, 0.05) is 33.2 Å². The highest BCUT2D eigenvalue weighted by atomic mass is 16.3. The molecule has 0 N–H and O–H groups in total. The molecule has 9 aromatic carbocycles. The minimum atomic E-state index is -0.664. The van der Waals surface area contributed by atoms with E-state index in [-0.39, 0.29) is 0 Å². The maximum absolute atomic E-state index is 6.63. The topological polar surface area (TPSA) is 64.7 Å². The van der Waals surface area contributed by atoms with Gasteiger partial charge < -0.3 is 4.42 Å². The van der Waals surface area contributed by atoms with Crippen molar-refractivity contribution in [3.63, 3.8) is 0 Å². The Hall–Kier alpha value is -9.06. The smallest absolute Gasteiger partial charge is 0.180 e. The summed E-state index contributed by atoms with van der Waals surface area (Å²) >= 11 is 0. The molecule has 5 nitrogen and oxygen atoms in total.